The molecule has 0 N–H and O–H groups in total. The molecule has 5 rings (SSSR count). The molecule has 162 valence electrons. The molecule has 0 aliphatic carbocycles. The van der Waals surface area contributed by atoms with Gasteiger partial charge in [-0.1, -0.05) is 23.5 Å². The molecule has 1 saturated heterocycles. The Morgan fingerprint density at radius 3 is 2.72 bits per heavy atom. The molecule has 9 nitrogen and oxygen atoms in total. The van der Waals surface area contributed by atoms with Gasteiger partial charge in [-0.25, -0.2) is 9.78 Å². The van der Waals surface area contributed by atoms with E-state index in [-0.39, 0.29) is 23.4 Å². The number of esters is 1. The molecule has 0 spiro atoms. The van der Waals surface area contributed by atoms with Crippen molar-refractivity contribution in [3.05, 3.63) is 80.3 Å². The lowest BCUT2D eigenvalue weighted by Gasteiger charge is -2.20. The van der Waals surface area contributed by atoms with Gasteiger partial charge in [-0.05, 0) is 31.0 Å². The van der Waals surface area contributed by atoms with Gasteiger partial charge in [0.2, 0.25) is 0 Å². The number of carbonyl (C=O) groups is 1. The molecule has 2 aromatic heterocycles. The molecule has 32 heavy (non-hydrogen) atoms. The minimum absolute atomic E-state index is 0.140. The van der Waals surface area contributed by atoms with Gasteiger partial charge in [-0.15, -0.1) is 0 Å². The van der Waals surface area contributed by atoms with E-state index in [0.29, 0.717) is 16.3 Å². The van der Waals surface area contributed by atoms with E-state index in [2.05, 4.69) is 4.98 Å². The first kappa shape index (κ1) is 20.1. The van der Waals surface area contributed by atoms with Crippen molar-refractivity contribution in [2.45, 2.75) is 19.4 Å². The van der Waals surface area contributed by atoms with Gasteiger partial charge in [0.05, 0.1) is 32.1 Å². The van der Waals surface area contributed by atoms with Gasteiger partial charge in [0, 0.05) is 31.3 Å². The van der Waals surface area contributed by atoms with Crippen LogP contribution in [0.2, 0.25) is 0 Å². The Hall–Kier alpha value is -3.79. The highest BCUT2D eigenvalue weighted by molar-refractivity contribution is 7.23. The van der Waals surface area contributed by atoms with Gasteiger partial charge in [-0.2, -0.15) is 0 Å². The summed E-state index contributed by atoms with van der Waals surface area (Å²) in [6.07, 6.45) is 1.99. The highest BCUT2D eigenvalue weighted by atomic mass is 32.1. The quantitative estimate of drug-likeness (QED) is 0.259. The third-order valence-electron chi connectivity index (χ3n) is 5.46. The van der Waals surface area contributed by atoms with E-state index in [4.69, 9.17) is 4.74 Å². The molecule has 0 atom stereocenters. The first-order valence-corrected chi connectivity index (χ1v) is 10.9. The summed E-state index contributed by atoms with van der Waals surface area (Å²) in [7, 11) is 0. The number of carbonyl (C=O) groups excluding carboxylic acids is 1. The van der Waals surface area contributed by atoms with Crippen molar-refractivity contribution in [2.75, 3.05) is 18.0 Å². The number of hydrogen-bond donors (Lipinski definition) is 0. The molecule has 0 saturated carbocycles. The maximum Gasteiger partial charge on any atom is 0.340 e. The van der Waals surface area contributed by atoms with E-state index in [1.165, 1.54) is 33.9 Å². The van der Waals surface area contributed by atoms with Gasteiger partial charge in [-0.3, -0.25) is 19.3 Å². The number of fused-ring (bicyclic) bond motifs is 3. The molecular formula is C22H18N4O5S. The molecule has 3 heterocycles. The monoisotopic (exact) mass is 450 g/mol. The van der Waals surface area contributed by atoms with Gasteiger partial charge in [0.1, 0.15) is 6.61 Å². The van der Waals surface area contributed by atoms with Crippen molar-refractivity contribution in [3.8, 4) is 0 Å². The number of para-hydroxylation sites is 1. The summed E-state index contributed by atoms with van der Waals surface area (Å²) in [6.45, 7) is 1.35. The SMILES string of the molecule is O=C(OCc1cc(=O)n2c(n1)sc1ccccc12)c1cc([N+](=O)[O-])ccc1N1CCCC1. The van der Waals surface area contributed by atoms with Crippen LogP contribution in [0.4, 0.5) is 11.4 Å². The summed E-state index contributed by atoms with van der Waals surface area (Å²) in [5, 5.41) is 11.2. The van der Waals surface area contributed by atoms with Crippen LogP contribution in [-0.2, 0) is 11.3 Å². The topological polar surface area (TPSA) is 107 Å². The fourth-order valence-corrected chi connectivity index (χ4v) is 5.00. The molecular weight excluding hydrogens is 432 g/mol. The number of hydrogen-bond acceptors (Lipinski definition) is 8. The van der Waals surface area contributed by atoms with Crippen LogP contribution in [0.15, 0.2) is 53.3 Å². The van der Waals surface area contributed by atoms with Gasteiger partial charge in [0.25, 0.3) is 11.2 Å². The summed E-state index contributed by atoms with van der Waals surface area (Å²) in [4.78, 5) is 43.2. The van der Waals surface area contributed by atoms with Crippen LogP contribution in [0.5, 0.6) is 0 Å². The Kier molecular flexibility index (Phi) is 5.06. The van der Waals surface area contributed by atoms with Crippen LogP contribution >= 0.6 is 11.3 Å². The molecule has 0 unspecified atom stereocenters. The number of rotatable bonds is 5. The lowest BCUT2D eigenvalue weighted by atomic mass is 10.1. The molecule has 0 amide bonds. The second-order valence-corrected chi connectivity index (χ2v) is 8.51. The minimum Gasteiger partial charge on any atom is -0.456 e. The largest absolute Gasteiger partial charge is 0.456 e. The van der Waals surface area contributed by atoms with Crippen LogP contribution in [0, 0.1) is 10.1 Å². The summed E-state index contributed by atoms with van der Waals surface area (Å²) >= 11 is 1.37. The van der Waals surface area contributed by atoms with E-state index in [9.17, 15) is 19.7 Å². The predicted octanol–water partition coefficient (Wildman–Crippen LogP) is 3.77. The van der Waals surface area contributed by atoms with E-state index in [1.807, 2.05) is 29.2 Å². The molecule has 10 heteroatoms. The van der Waals surface area contributed by atoms with E-state index in [0.717, 1.165) is 36.1 Å². The number of nitrogens with zero attached hydrogens (tertiary/aromatic N) is 4. The van der Waals surface area contributed by atoms with E-state index >= 15 is 0 Å². The Balaban J connectivity index is 1.43. The number of nitro benzene ring substituents is 1. The lowest BCUT2D eigenvalue weighted by molar-refractivity contribution is -0.384. The second-order valence-electron chi connectivity index (χ2n) is 7.50. The number of thiazole rings is 1. The molecule has 4 aromatic rings. The average Bonchev–Trinajstić information content (AvgIpc) is 3.45. The molecule has 2 aromatic carbocycles. The van der Waals surface area contributed by atoms with Crippen molar-refractivity contribution in [2.24, 2.45) is 0 Å². The first-order chi connectivity index (χ1) is 15.5. The molecule has 0 radical (unpaired) electrons. The third kappa shape index (κ3) is 3.58. The van der Waals surface area contributed by atoms with Crippen LogP contribution in [0.1, 0.15) is 28.9 Å². The standard InChI is InChI=1S/C22H18N4O5S/c27-20-11-14(23-22-25(20)18-5-1-2-6-19(18)32-22)13-31-21(28)16-12-15(26(29)30)7-8-17(16)24-9-3-4-10-24/h1-2,5-8,11-12H,3-4,9-10,13H2. The minimum atomic E-state index is -0.686. The molecule has 1 aliphatic rings. The fourth-order valence-electron chi connectivity index (χ4n) is 3.95. The summed E-state index contributed by atoms with van der Waals surface area (Å²) in [5.74, 6) is -0.686. The third-order valence-corrected chi connectivity index (χ3v) is 6.48. The highest BCUT2D eigenvalue weighted by Crippen LogP contribution is 2.29. The van der Waals surface area contributed by atoms with Gasteiger partial charge >= 0.3 is 5.97 Å². The van der Waals surface area contributed by atoms with Gasteiger partial charge < -0.3 is 9.64 Å². The molecule has 1 aliphatic heterocycles. The number of nitro groups is 1. The van der Waals surface area contributed by atoms with Crippen molar-refractivity contribution in [1.29, 1.82) is 0 Å². The first-order valence-electron chi connectivity index (χ1n) is 10.1. The average molecular weight is 450 g/mol. The van der Waals surface area contributed by atoms with E-state index in [1.54, 1.807) is 6.07 Å². The number of aromatic nitrogens is 2. The van der Waals surface area contributed by atoms with Crippen molar-refractivity contribution in [3.63, 3.8) is 0 Å². The van der Waals surface area contributed by atoms with Crippen LogP contribution in [0.3, 0.4) is 0 Å². The summed E-state index contributed by atoms with van der Waals surface area (Å²) in [6, 6.07) is 13.1. The van der Waals surface area contributed by atoms with Gasteiger partial charge in [0.15, 0.2) is 4.96 Å². The van der Waals surface area contributed by atoms with E-state index < -0.39 is 10.9 Å². The number of anilines is 1. The Morgan fingerprint density at radius 1 is 1.16 bits per heavy atom. The normalized spacial score (nSPS) is 13.7. The van der Waals surface area contributed by atoms with Crippen molar-refractivity contribution in [1.82, 2.24) is 9.38 Å². The highest BCUT2D eigenvalue weighted by Gasteiger charge is 2.24. The second kappa shape index (κ2) is 8.04. The van der Waals surface area contributed by atoms with Crippen molar-refractivity contribution < 1.29 is 14.5 Å². The number of benzene rings is 2. The predicted molar refractivity (Wildman–Crippen MR) is 121 cm³/mol. The van der Waals surface area contributed by atoms with Crippen LogP contribution < -0.4 is 10.5 Å². The Bertz CT molecular complexity index is 1420. The molecule has 1 fully saturated rings. The maximum absolute atomic E-state index is 12.9. The Morgan fingerprint density at radius 2 is 1.94 bits per heavy atom. The van der Waals surface area contributed by atoms with Crippen molar-refractivity contribution >= 4 is 43.9 Å². The molecule has 0 bridgehead atoms. The lowest BCUT2D eigenvalue weighted by Crippen LogP contribution is -2.21. The smallest absolute Gasteiger partial charge is 0.340 e. The summed E-state index contributed by atoms with van der Waals surface area (Å²) in [5.41, 5.74) is 1.42. The zero-order valence-electron chi connectivity index (χ0n) is 16.9. The number of ether oxygens (including phenoxy) is 1. The Labute approximate surface area is 185 Å². The van der Waals surface area contributed by atoms with Crippen LogP contribution in [-0.4, -0.2) is 33.4 Å². The van der Waals surface area contributed by atoms with Crippen LogP contribution in [0.25, 0.3) is 15.2 Å². The summed E-state index contributed by atoms with van der Waals surface area (Å²) < 4.78 is 7.89. The maximum atomic E-state index is 12.9. The zero-order valence-corrected chi connectivity index (χ0v) is 17.7. The zero-order chi connectivity index (χ0) is 22.2. The fraction of sp³-hybridized carbons (Fsp3) is 0.227. The number of non-ortho nitro benzene ring substituents is 1.